The predicted octanol–water partition coefficient (Wildman–Crippen LogP) is 5.24. The van der Waals surface area contributed by atoms with Gasteiger partial charge in [-0.1, -0.05) is 11.2 Å². The maximum absolute atomic E-state index is 4.58. The summed E-state index contributed by atoms with van der Waals surface area (Å²) in [5.74, 6) is 0. The third-order valence-corrected chi connectivity index (χ3v) is 3.31. The summed E-state index contributed by atoms with van der Waals surface area (Å²) in [6.45, 7) is 0. The van der Waals surface area contributed by atoms with E-state index < -0.39 is 0 Å². The number of hydrogen-bond donors (Lipinski definition) is 4. The molecule has 7 aromatic heterocycles. The van der Waals surface area contributed by atoms with E-state index >= 15 is 0 Å². The lowest BCUT2D eigenvalue weighted by Crippen LogP contribution is -1.53. The highest BCUT2D eigenvalue weighted by molar-refractivity contribution is 5.62. The fourth-order valence-electron chi connectivity index (χ4n) is 1.77. The van der Waals surface area contributed by atoms with Crippen LogP contribution >= 0.6 is 0 Å². The number of rotatable bonds is 0. The molecule has 40 heavy (non-hydrogen) atoms. The van der Waals surface area contributed by atoms with Crippen LogP contribution in [0.5, 0.6) is 0 Å². The van der Waals surface area contributed by atoms with E-state index in [9.17, 15) is 0 Å². The van der Waals surface area contributed by atoms with E-state index in [1.165, 1.54) is 25.4 Å². The van der Waals surface area contributed by atoms with Crippen LogP contribution in [-0.4, -0.2) is 56.5 Å². The van der Waals surface area contributed by atoms with E-state index in [-0.39, 0.29) is 0 Å². The molecule has 0 unspecified atom stereocenters. The lowest BCUT2D eigenvalue weighted by Gasteiger charge is -1.54. The maximum atomic E-state index is 4.58. The second-order valence-electron chi connectivity index (χ2n) is 6.17. The minimum absolute atomic E-state index is 1.03. The van der Waals surface area contributed by atoms with Crippen molar-refractivity contribution in [1.82, 2.24) is 50.2 Å². The standard InChI is InChI=1S/2C4H5N.C4H4O.3C3H4N2.C3H3NO.C2H2N2O/c3*1-2-4-5-3-1;2*1-2-5-3-4-1;1-2-4-5-3-1;1-2-5-3-4-1;1-3-2-5-4-1/h1,3-4H,2H2;1-5H;1-4H;3*1-3H,(H,4,5);1-3H;1-2H. The van der Waals surface area contributed by atoms with Crippen molar-refractivity contribution in [2.45, 2.75) is 6.42 Å². The fourth-order valence-corrected chi connectivity index (χ4v) is 1.77. The Morgan fingerprint density at radius 2 is 1.38 bits per heavy atom. The van der Waals surface area contributed by atoms with Crippen molar-refractivity contribution in [3.05, 3.63) is 149 Å². The van der Waals surface area contributed by atoms with Gasteiger partial charge < -0.3 is 28.3 Å². The molecule has 208 valence electrons. The van der Waals surface area contributed by atoms with Gasteiger partial charge in [0.1, 0.15) is 6.26 Å². The van der Waals surface area contributed by atoms with Gasteiger partial charge in [0.15, 0.2) is 12.7 Å². The molecule has 0 saturated carbocycles. The Balaban J connectivity index is 0.000000229. The summed E-state index contributed by atoms with van der Waals surface area (Å²) in [4.78, 5) is 26.5. The van der Waals surface area contributed by atoms with Crippen LogP contribution in [0.1, 0.15) is 6.42 Å². The van der Waals surface area contributed by atoms with Crippen LogP contribution in [0.15, 0.2) is 167 Å². The van der Waals surface area contributed by atoms with E-state index in [0.29, 0.717) is 0 Å². The molecule has 0 aliphatic carbocycles. The Morgan fingerprint density at radius 1 is 0.600 bits per heavy atom. The molecule has 1 aliphatic rings. The van der Waals surface area contributed by atoms with Crippen molar-refractivity contribution >= 4 is 6.21 Å². The zero-order chi connectivity index (χ0) is 28.3. The number of furan rings is 1. The second-order valence-corrected chi connectivity index (χ2v) is 6.17. The van der Waals surface area contributed by atoms with Crippen molar-refractivity contribution in [3.63, 3.8) is 0 Å². The molecular weight excluding hydrogens is 514 g/mol. The lowest BCUT2D eigenvalue weighted by molar-refractivity contribution is 0.416. The molecule has 0 atom stereocenters. The van der Waals surface area contributed by atoms with Crippen molar-refractivity contribution in [1.29, 1.82) is 0 Å². The number of nitrogens with zero attached hydrogens (tertiary/aromatic N) is 7. The van der Waals surface area contributed by atoms with Crippen LogP contribution in [0.3, 0.4) is 0 Å². The van der Waals surface area contributed by atoms with Crippen LogP contribution in [0.2, 0.25) is 0 Å². The van der Waals surface area contributed by atoms with Crippen molar-refractivity contribution in [3.8, 4) is 0 Å². The summed E-state index contributed by atoms with van der Waals surface area (Å²) in [5.41, 5.74) is 0. The Kier molecular flexibility index (Phi) is 23.3. The molecule has 0 aromatic carbocycles. The van der Waals surface area contributed by atoms with Gasteiger partial charge in [0.25, 0.3) is 0 Å². The predicted molar refractivity (Wildman–Crippen MR) is 148 cm³/mol. The molecule has 0 amide bonds. The molecule has 0 spiro atoms. The average molecular weight is 546 g/mol. The van der Waals surface area contributed by atoms with Gasteiger partial charge in [0, 0.05) is 68.4 Å². The number of nitrogens with one attached hydrogen (secondary N) is 4. The van der Waals surface area contributed by atoms with Crippen LogP contribution in [-0.2, 0) is 0 Å². The quantitative estimate of drug-likeness (QED) is 0.197. The van der Waals surface area contributed by atoms with Crippen LogP contribution in [0, 0.1) is 0 Å². The number of hydrogen-bond acceptors (Lipinski definition) is 10. The van der Waals surface area contributed by atoms with Gasteiger partial charge >= 0.3 is 0 Å². The molecule has 0 fully saturated rings. The largest absolute Gasteiger partial charge is 0.473 e. The smallest absolute Gasteiger partial charge is 0.213 e. The van der Waals surface area contributed by atoms with E-state index in [2.05, 4.69) is 68.6 Å². The van der Waals surface area contributed by atoms with Crippen LogP contribution < -0.4 is 0 Å². The average Bonchev–Trinajstić information content (AvgIpc) is 3.95. The normalized spacial score (nSPS) is 9.20. The van der Waals surface area contributed by atoms with Gasteiger partial charge in [0.2, 0.25) is 6.39 Å². The van der Waals surface area contributed by atoms with Crippen molar-refractivity contribution < 1.29 is 13.4 Å². The van der Waals surface area contributed by atoms with Gasteiger partial charge in [-0.2, -0.15) is 5.10 Å². The van der Waals surface area contributed by atoms with Crippen molar-refractivity contribution in [2.24, 2.45) is 4.99 Å². The number of H-pyrrole nitrogens is 4. The summed E-state index contributed by atoms with van der Waals surface area (Å²) in [6, 6.07) is 9.39. The highest BCUT2D eigenvalue weighted by Crippen LogP contribution is 1.86. The molecule has 4 N–H and O–H groups in total. The number of aromatic nitrogens is 10. The molecule has 14 heteroatoms. The molecule has 7 aromatic rings. The third-order valence-electron chi connectivity index (χ3n) is 3.31. The van der Waals surface area contributed by atoms with Gasteiger partial charge in [-0.25, -0.2) is 19.9 Å². The van der Waals surface area contributed by atoms with Gasteiger partial charge in [-0.05, 0) is 30.3 Å². The van der Waals surface area contributed by atoms with Crippen LogP contribution in [0.25, 0.3) is 0 Å². The van der Waals surface area contributed by atoms with E-state index in [4.69, 9.17) is 0 Å². The number of allylic oxidation sites excluding steroid dienone is 1. The molecule has 14 nitrogen and oxygen atoms in total. The summed E-state index contributed by atoms with van der Waals surface area (Å²) < 4.78 is 13.3. The molecule has 1 aliphatic heterocycles. The van der Waals surface area contributed by atoms with E-state index in [1.807, 2.05) is 55.0 Å². The first kappa shape index (κ1) is 32.0. The zero-order valence-electron chi connectivity index (χ0n) is 21.5. The molecular formula is C26H31N11O3. The molecule has 8 heterocycles. The zero-order valence-corrected chi connectivity index (χ0v) is 21.5. The highest BCUT2D eigenvalue weighted by Gasteiger charge is 1.73. The number of oxazole rings is 1. The minimum atomic E-state index is 1.03. The SMILES string of the molecule is C1=CN=CC1.c1c[nH]cn1.c1c[nH]cn1.c1cc[nH]c1.c1ccoc1.c1cn[nH]c1.c1cocn1.c1ncon1. The summed E-state index contributed by atoms with van der Waals surface area (Å²) in [5, 5.41) is 9.44. The summed E-state index contributed by atoms with van der Waals surface area (Å²) in [6.07, 6.45) is 34.4. The van der Waals surface area contributed by atoms with Gasteiger partial charge in [0.05, 0.1) is 31.4 Å². The Morgan fingerprint density at radius 3 is 1.55 bits per heavy atom. The number of aromatic amines is 4. The Labute approximate surface area is 230 Å². The molecule has 0 radical (unpaired) electrons. The summed E-state index contributed by atoms with van der Waals surface area (Å²) in [7, 11) is 0. The molecule has 0 bridgehead atoms. The monoisotopic (exact) mass is 545 g/mol. The first-order valence-corrected chi connectivity index (χ1v) is 11.5. The fraction of sp³-hybridized carbons (Fsp3) is 0.0385. The molecule has 8 rings (SSSR count). The Hall–Kier alpha value is -6.05. The van der Waals surface area contributed by atoms with Crippen LogP contribution in [0.4, 0.5) is 0 Å². The Bertz CT molecular complexity index is 860. The topological polar surface area (TPSA) is 192 Å². The van der Waals surface area contributed by atoms with Gasteiger partial charge in [-0.15, -0.1) is 0 Å². The van der Waals surface area contributed by atoms with Gasteiger partial charge in [-0.3, -0.25) is 10.1 Å². The van der Waals surface area contributed by atoms with Crippen molar-refractivity contribution in [2.75, 3.05) is 0 Å². The highest BCUT2D eigenvalue weighted by atomic mass is 16.5. The number of aliphatic imine (C=N–C) groups is 1. The van der Waals surface area contributed by atoms with E-state index in [0.717, 1.165) is 6.42 Å². The third kappa shape index (κ3) is 26.6. The number of imidazole rings is 2. The minimum Gasteiger partial charge on any atom is -0.473 e. The first-order chi connectivity index (χ1) is 20.0. The molecule has 0 saturated heterocycles. The first-order valence-electron chi connectivity index (χ1n) is 11.5. The lowest BCUT2D eigenvalue weighted by atomic mass is 10.5. The maximum Gasteiger partial charge on any atom is 0.213 e. The van der Waals surface area contributed by atoms with E-state index in [1.54, 1.807) is 74.8 Å². The second kappa shape index (κ2) is 29.2. The summed E-state index contributed by atoms with van der Waals surface area (Å²) >= 11 is 0.